The number of rotatable bonds is 4. The quantitative estimate of drug-likeness (QED) is 0.506. The summed E-state index contributed by atoms with van der Waals surface area (Å²) < 4.78 is 5.90. The Morgan fingerprint density at radius 3 is 2.62 bits per heavy atom. The number of ether oxygens (including phenoxy) is 1. The van der Waals surface area contributed by atoms with Gasteiger partial charge < -0.3 is 21.2 Å². The second kappa shape index (κ2) is 6.45. The molecule has 0 unspecified atom stereocenters. The van der Waals surface area contributed by atoms with Crippen molar-refractivity contribution in [3.63, 3.8) is 0 Å². The van der Waals surface area contributed by atoms with Gasteiger partial charge in [-0.05, 0) is 30.7 Å². The van der Waals surface area contributed by atoms with Crippen molar-refractivity contribution in [3.8, 4) is 5.75 Å². The van der Waals surface area contributed by atoms with E-state index in [1.54, 1.807) is 6.07 Å². The minimum Gasteiger partial charge on any atom is -0.489 e. The number of benzene rings is 2. The smallest absolute Gasteiger partial charge is 0.296 e. The summed E-state index contributed by atoms with van der Waals surface area (Å²) in [4.78, 5) is 18.5. The SMILES string of the molecule is Cc1c(OCc2ccccc2)ccc2[nH]c(C(=O)N=C(N)N)cc12. The molecule has 0 bridgehead atoms. The summed E-state index contributed by atoms with van der Waals surface area (Å²) in [5, 5.41) is 0.898. The van der Waals surface area contributed by atoms with Crippen molar-refractivity contribution < 1.29 is 9.53 Å². The van der Waals surface area contributed by atoms with Crippen LogP contribution in [0, 0.1) is 6.92 Å². The number of nitrogens with two attached hydrogens (primary N) is 2. The molecule has 3 rings (SSSR count). The van der Waals surface area contributed by atoms with Gasteiger partial charge in [0, 0.05) is 16.5 Å². The lowest BCUT2D eigenvalue weighted by atomic mass is 10.1. The highest BCUT2D eigenvalue weighted by atomic mass is 16.5. The van der Waals surface area contributed by atoms with Gasteiger partial charge in [-0.2, -0.15) is 4.99 Å². The molecule has 0 radical (unpaired) electrons. The van der Waals surface area contributed by atoms with E-state index < -0.39 is 5.91 Å². The molecule has 6 nitrogen and oxygen atoms in total. The van der Waals surface area contributed by atoms with Crippen molar-refractivity contribution in [2.75, 3.05) is 0 Å². The Bertz CT molecular complexity index is 909. The molecule has 0 spiro atoms. The number of fused-ring (bicyclic) bond motifs is 1. The van der Waals surface area contributed by atoms with Gasteiger partial charge in [0.25, 0.3) is 5.91 Å². The molecular formula is C18H18N4O2. The van der Waals surface area contributed by atoms with E-state index in [-0.39, 0.29) is 5.96 Å². The fourth-order valence-corrected chi connectivity index (χ4v) is 2.51. The van der Waals surface area contributed by atoms with E-state index in [1.165, 1.54) is 0 Å². The number of guanidine groups is 1. The Labute approximate surface area is 139 Å². The van der Waals surface area contributed by atoms with Crippen molar-refractivity contribution in [2.45, 2.75) is 13.5 Å². The van der Waals surface area contributed by atoms with Gasteiger partial charge in [-0.3, -0.25) is 4.79 Å². The van der Waals surface area contributed by atoms with E-state index in [0.29, 0.717) is 12.3 Å². The van der Waals surface area contributed by atoms with Crippen LogP contribution in [-0.4, -0.2) is 16.9 Å². The molecular weight excluding hydrogens is 304 g/mol. The summed E-state index contributed by atoms with van der Waals surface area (Å²) >= 11 is 0. The highest BCUT2D eigenvalue weighted by Crippen LogP contribution is 2.28. The standard InChI is InChI=1S/C18H18N4O2/c1-11-13-9-15(17(23)22-18(19)20)21-14(13)7-8-16(11)24-10-12-5-3-2-4-6-12/h2-9,21H,10H2,1H3,(H4,19,20,22,23). The zero-order chi connectivity index (χ0) is 17.1. The summed E-state index contributed by atoms with van der Waals surface area (Å²) in [5.74, 6) is 0.00538. The molecule has 1 heterocycles. The summed E-state index contributed by atoms with van der Waals surface area (Å²) in [6, 6.07) is 15.4. The van der Waals surface area contributed by atoms with Gasteiger partial charge in [-0.1, -0.05) is 30.3 Å². The molecule has 6 heteroatoms. The van der Waals surface area contributed by atoms with Gasteiger partial charge in [0.1, 0.15) is 18.1 Å². The maximum absolute atomic E-state index is 11.9. The topological polar surface area (TPSA) is 106 Å². The Morgan fingerprint density at radius 2 is 1.92 bits per heavy atom. The highest BCUT2D eigenvalue weighted by Gasteiger charge is 2.12. The Morgan fingerprint density at radius 1 is 1.17 bits per heavy atom. The van der Waals surface area contributed by atoms with E-state index >= 15 is 0 Å². The molecule has 0 saturated carbocycles. The van der Waals surface area contributed by atoms with Gasteiger partial charge in [0.05, 0.1) is 0 Å². The lowest BCUT2D eigenvalue weighted by molar-refractivity contribution is 0.0999. The highest BCUT2D eigenvalue weighted by molar-refractivity contribution is 6.04. The molecule has 0 aliphatic carbocycles. The Hall–Kier alpha value is -3.28. The Kier molecular flexibility index (Phi) is 4.20. The molecule has 24 heavy (non-hydrogen) atoms. The summed E-state index contributed by atoms with van der Waals surface area (Å²) in [6.45, 7) is 2.43. The average molecular weight is 322 g/mol. The van der Waals surface area contributed by atoms with Gasteiger partial charge in [-0.25, -0.2) is 0 Å². The van der Waals surface area contributed by atoms with E-state index in [9.17, 15) is 4.79 Å². The molecule has 3 aromatic rings. The first kappa shape index (κ1) is 15.6. The molecule has 0 saturated heterocycles. The molecule has 0 aliphatic rings. The van der Waals surface area contributed by atoms with E-state index in [0.717, 1.165) is 27.8 Å². The fraction of sp³-hybridized carbons (Fsp3) is 0.111. The van der Waals surface area contributed by atoms with Crippen LogP contribution in [0.25, 0.3) is 10.9 Å². The average Bonchev–Trinajstić information content (AvgIpc) is 3.00. The van der Waals surface area contributed by atoms with Gasteiger partial charge >= 0.3 is 0 Å². The molecule has 1 amide bonds. The molecule has 2 aromatic carbocycles. The number of aromatic nitrogens is 1. The molecule has 1 aromatic heterocycles. The molecule has 5 N–H and O–H groups in total. The zero-order valence-electron chi connectivity index (χ0n) is 13.2. The van der Waals surface area contributed by atoms with Crippen LogP contribution in [0.15, 0.2) is 53.5 Å². The van der Waals surface area contributed by atoms with Gasteiger partial charge in [-0.15, -0.1) is 0 Å². The minimum atomic E-state index is -0.502. The normalized spacial score (nSPS) is 10.5. The second-order valence-corrected chi connectivity index (χ2v) is 5.45. The summed E-state index contributed by atoms with van der Waals surface area (Å²) in [5.41, 5.74) is 13.7. The van der Waals surface area contributed by atoms with Crippen LogP contribution in [0.1, 0.15) is 21.6 Å². The minimum absolute atomic E-state index is 0.262. The maximum atomic E-state index is 11.9. The third-order valence-electron chi connectivity index (χ3n) is 3.72. The summed E-state index contributed by atoms with van der Waals surface area (Å²) in [7, 11) is 0. The van der Waals surface area contributed by atoms with Crippen molar-refractivity contribution in [2.24, 2.45) is 16.5 Å². The number of hydrogen-bond donors (Lipinski definition) is 3. The number of aromatic amines is 1. The largest absolute Gasteiger partial charge is 0.489 e. The first-order valence-corrected chi connectivity index (χ1v) is 7.47. The number of hydrogen-bond acceptors (Lipinski definition) is 2. The van der Waals surface area contributed by atoms with E-state index in [4.69, 9.17) is 16.2 Å². The van der Waals surface area contributed by atoms with E-state index in [2.05, 4.69) is 9.98 Å². The lowest BCUT2D eigenvalue weighted by Gasteiger charge is -2.09. The molecule has 0 atom stereocenters. The maximum Gasteiger partial charge on any atom is 0.296 e. The van der Waals surface area contributed by atoms with Crippen molar-refractivity contribution in [1.29, 1.82) is 0 Å². The zero-order valence-corrected chi connectivity index (χ0v) is 13.2. The third-order valence-corrected chi connectivity index (χ3v) is 3.72. The fourth-order valence-electron chi connectivity index (χ4n) is 2.51. The van der Waals surface area contributed by atoms with Crippen LogP contribution in [0.2, 0.25) is 0 Å². The number of carbonyl (C=O) groups excluding carboxylic acids is 1. The van der Waals surface area contributed by atoms with Crippen LogP contribution >= 0.6 is 0 Å². The van der Waals surface area contributed by atoms with Crippen LogP contribution in [0.5, 0.6) is 5.75 Å². The van der Waals surface area contributed by atoms with Crippen LogP contribution < -0.4 is 16.2 Å². The first-order chi connectivity index (χ1) is 11.5. The van der Waals surface area contributed by atoms with Crippen molar-refractivity contribution in [3.05, 3.63) is 65.4 Å². The molecule has 0 aliphatic heterocycles. The lowest BCUT2D eigenvalue weighted by Crippen LogP contribution is -2.24. The number of nitrogens with one attached hydrogen (secondary N) is 1. The van der Waals surface area contributed by atoms with Crippen molar-refractivity contribution in [1.82, 2.24) is 4.98 Å². The van der Waals surface area contributed by atoms with Crippen LogP contribution in [0.3, 0.4) is 0 Å². The van der Waals surface area contributed by atoms with Gasteiger partial charge in [0.15, 0.2) is 5.96 Å². The number of H-pyrrole nitrogens is 1. The van der Waals surface area contributed by atoms with Crippen LogP contribution in [-0.2, 0) is 6.61 Å². The van der Waals surface area contributed by atoms with Crippen LogP contribution in [0.4, 0.5) is 0 Å². The summed E-state index contributed by atoms with van der Waals surface area (Å²) in [6.07, 6.45) is 0. The van der Waals surface area contributed by atoms with E-state index in [1.807, 2.05) is 49.4 Å². The number of nitrogens with zero attached hydrogens (tertiary/aromatic N) is 1. The predicted molar refractivity (Wildman–Crippen MR) is 94.0 cm³/mol. The second-order valence-electron chi connectivity index (χ2n) is 5.45. The molecule has 0 fully saturated rings. The number of amides is 1. The Balaban J connectivity index is 1.87. The molecule has 122 valence electrons. The number of aryl methyl sites for hydroxylation is 1. The monoisotopic (exact) mass is 322 g/mol. The number of carbonyl (C=O) groups is 1. The first-order valence-electron chi connectivity index (χ1n) is 7.47. The van der Waals surface area contributed by atoms with Crippen molar-refractivity contribution >= 4 is 22.8 Å². The number of aliphatic imine (C=N–C) groups is 1. The van der Waals surface area contributed by atoms with Gasteiger partial charge in [0.2, 0.25) is 0 Å². The third kappa shape index (κ3) is 3.22. The predicted octanol–water partition coefficient (Wildman–Crippen LogP) is 2.47.